The van der Waals surface area contributed by atoms with Crippen molar-refractivity contribution in [2.45, 2.75) is 6.54 Å². The van der Waals surface area contributed by atoms with Crippen molar-refractivity contribution in [3.63, 3.8) is 0 Å². The second-order valence-electron chi connectivity index (χ2n) is 4.72. The van der Waals surface area contributed by atoms with Gasteiger partial charge in [-0.3, -0.25) is 9.78 Å². The van der Waals surface area contributed by atoms with Crippen LogP contribution in [0.2, 0.25) is 0 Å². The summed E-state index contributed by atoms with van der Waals surface area (Å²) in [6.45, 7) is 1.11. The second kappa shape index (κ2) is 8.09. The molecule has 0 aliphatic heterocycles. The number of aromatic nitrogens is 1. The molecular weight excluding hydrogens is 300 g/mol. The molecule has 7 heteroatoms. The van der Waals surface area contributed by atoms with Gasteiger partial charge in [-0.1, -0.05) is 0 Å². The zero-order chi connectivity index (χ0) is 16.7. The minimum absolute atomic E-state index is 0.236. The van der Waals surface area contributed by atoms with E-state index in [1.54, 1.807) is 30.4 Å². The molecule has 23 heavy (non-hydrogen) atoms. The first-order valence-corrected chi connectivity index (χ1v) is 7.00. The van der Waals surface area contributed by atoms with E-state index in [9.17, 15) is 9.59 Å². The van der Waals surface area contributed by atoms with Gasteiger partial charge in [-0.25, -0.2) is 4.79 Å². The Labute approximate surface area is 133 Å². The molecule has 2 aromatic heterocycles. The molecule has 0 unspecified atom stereocenters. The standard InChI is InChI=1S/C16H18N2O5/c1-21-9-7-18(11-13-4-3-8-23-13)15(19)14-6-5-12(10-17-14)16(20)22-2/h3-6,8,10H,7,9,11H2,1-2H3. The van der Waals surface area contributed by atoms with Gasteiger partial charge < -0.3 is 18.8 Å². The molecule has 0 aliphatic rings. The van der Waals surface area contributed by atoms with Crippen LogP contribution in [0.4, 0.5) is 0 Å². The number of amides is 1. The molecule has 0 atom stereocenters. The van der Waals surface area contributed by atoms with Gasteiger partial charge in [0.2, 0.25) is 0 Å². The van der Waals surface area contributed by atoms with Gasteiger partial charge in [0.15, 0.2) is 0 Å². The van der Waals surface area contributed by atoms with E-state index >= 15 is 0 Å². The molecule has 0 N–H and O–H groups in total. The lowest BCUT2D eigenvalue weighted by Gasteiger charge is -2.20. The highest BCUT2D eigenvalue weighted by atomic mass is 16.5. The Morgan fingerprint density at radius 1 is 1.26 bits per heavy atom. The lowest BCUT2D eigenvalue weighted by atomic mass is 10.2. The first kappa shape index (κ1) is 16.7. The highest BCUT2D eigenvalue weighted by molar-refractivity contribution is 5.94. The summed E-state index contributed by atoms with van der Waals surface area (Å²) in [5.41, 5.74) is 0.527. The molecule has 0 saturated carbocycles. The quantitative estimate of drug-likeness (QED) is 0.723. The molecule has 122 valence electrons. The normalized spacial score (nSPS) is 10.3. The molecule has 0 aromatic carbocycles. The number of methoxy groups -OCH3 is 2. The summed E-state index contributed by atoms with van der Waals surface area (Å²) in [4.78, 5) is 29.6. The molecule has 0 aliphatic carbocycles. The molecule has 2 heterocycles. The van der Waals surface area contributed by atoms with Crippen LogP contribution in [-0.2, 0) is 16.0 Å². The minimum Gasteiger partial charge on any atom is -0.467 e. The molecule has 2 aromatic rings. The van der Waals surface area contributed by atoms with Gasteiger partial charge in [0.1, 0.15) is 11.5 Å². The number of furan rings is 1. The average Bonchev–Trinajstić information content (AvgIpc) is 3.10. The zero-order valence-corrected chi connectivity index (χ0v) is 13.0. The number of carbonyl (C=O) groups is 2. The Kier molecular flexibility index (Phi) is 5.87. The van der Waals surface area contributed by atoms with Crippen LogP contribution >= 0.6 is 0 Å². The van der Waals surface area contributed by atoms with E-state index < -0.39 is 5.97 Å². The first-order chi connectivity index (χ1) is 11.2. The Balaban J connectivity index is 2.13. The number of pyridine rings is 1. The maximum absolute atomic E-state index is 12.6. The van der Waals surface area contributed by atoms with Crippen molar-refractivity contribution >= 4 is 11.9 Å². The Morgan fingerprint density at radius 3 is 2.65 bits per heavy atom. The third-order valence-corrected chi connectivity index (χ3v) is 3.18. The van der Waals surface area contributed by atoms with Crippen LogP contribution in [0.3, 0.4) is 0 Å². The maximum atomic E-state index is 12.6. The van der Waals surface area contributed by atoms with Crippen molar-refractivity contribution in [3.8, 4) is 0 Å². The first-order valence-electron chi connectivity index (χ1n) is 7.00. The van der Waals surface area contributed by atoms with Crippen molar-refractivity contribution in [2.75, 3.05) is 27.4 Å². The Bertz CT molecular complexity index is 637. The van der Waals surface area contributed by atoms with E-state index in [2.05, 4.69) is 9.72 Å². The van der Waals surface area contributed by atoms with Gasteiger partial charge in [-0.2, -0.15) is 0 Å². The fraction of sp³-hybridized carbons (Fsp3) is 0.312. The van der Waals surface area contributed by atoms with Gasteiger partial charge >= 0.3 is 5.97 Å². The highest BCUT2D eigenvalue weighted by Gasteiger charge is 2.19. The molecule has 0 spiro atoms. The van der Waals surface area contributed by atoms with Crippen LogP contribution in [0.5, 0.6) is 0 Å². The number of esters is 1. The van der Waals surface area contributed by atoms with Gasteiger partial charge in [0.05, 0.1) is 32.1 Å². The van der Waals surface area contributed by atoms with Crippen LogP contribution in [0.1, 0.15) is 26.6 Å². The second-order valence-corrected chi connectivity index (χ2v) is 4.72. The predicted octanol–water partition coefficient (Wildman–Crippen LogP) is 1.75. The van der Waals surface area contributed by atoms with Gasteiger partial charge in [0.25, 0.3) is 5.91 Å². The highest BCUT2D eigenvalue weighted by Crippen LogP contribution is 2.10. The summed E-state index contributed by atoms with van der Waals surface area (Å²) in [6.07, 6.45) is 2.87. The molecule has 7 nitrogen and oxygen atoms in total. The maximum Gasteiger partial charge on any atom is 0.339 e. The zero-order valence-electron chi connectivity index (χ0n) is 13.0. The topological polar surface area (TPSA) is 81.9 Å². The third-order valence-electron chi connectivity index (χ3n) is 3.18. The molecule has 0 radical (unpaired) electrons. The van der Waals surface area contributed by atoms with Crippen molar-refractivity contribution in [1.29, 1.82) is 0 Å². The molecule has 0 saturated heterocycles. The largest absolute Gasteiger partial charge is 0.467 e. The predicted molar refractivity (Wildman–Crippen MR) is 80.9 cm³/mol. The van der Waals surface area contributed by atoms with Gasteiger partial charge in [-0.05, 0) is 24.3 Å². The third kappa shape index (κ3) is 4.40. The van der Waals surface area contributed by atoms with E-state index in [1.165, 1.54) is 25.4 Å². The Morgan fingerprint density at radius 2 is 2.09 bits per heavy atom. The van der Waals surface area contributed by atoms with Gasteiger partial charge in [0, 0.05) is 19.9 Å². The number of nitrogens with zero attached hydrogens (tertiary/aromatic N) is 2. The van der Waals surface area contributed by atoms with Crippen molar-refractivity contribution in [2.24, 2.45) is 0 Å². The summed E-state index contributed by atoms with van der Waals surface area (Å²) in [6, 6.07) is 6.56. The number of carbonyl (C=O) groups excluding carboxylic acids is 2. The molecule has 0 bridgehead atoms. The summed E-state index contributed by atoms with van der Waals surface area (Å²) in [5.74, 6) is -0.0983. The number of hydrogen-bond acceptors (Lipinski definition) is 6. The molecular formula is C16H18N2O5. The fourth-order valence-corrected chi connectivity index (χ4v) is 1.97. The van der Waals surface area contributed by atoms with E-state index in [0.717, 1.165) is 0 Å². The van der Waals surface area contributed by atoms with Crippen LogP contribution in [0, 0.1) is 0 Å². The van der Waals surface area contributed by atoms with E-state index in [4.69, 9.17) is 9.15 Å². The van der Waals surface area contributed by atoms with Crippen LogP contribution in [0.25, 0.3) is 0 Å². The summed E-state index contributed by atoms with van der Waals surface area (Å²) in [7, 11) is 2.86. The lowest BCUT2D eigenvalue weighted by molar-refractivity contribution is 0.0597. The van der Waals surface area contributed by atoms with E-state index in [0.29, 0.717) is 31.0 Å². The monoisotopic (exact) mass is 318 g/mol. The summed E-state index contributed by atoms with van der Waals surface area (Å²) < 4.78 is 14.9. The number of ether oxygens (including phenoxy) is 2. The molecule has 0 fully saturated rings. The minimum atomic E-state index is -0.497. The van der Waals surface area contributed by atoms with Crippen LogP contribution in [0.15, 0.2) is 41.1 Å². The SMILES string of the molecule is COCCN(Cc1ccco1)C(=O)c1ccc(C(=O)OC)cn1. The van der Waals surface area contributed by atoms with E-state index in [-0.39, 0.29) is 11.6 Å². The molecule has 1 amide bonds. The smallest absolute Gasteiger partial charge is 0.339 e. The number of rotatable bonds is 7. The lowest BCUT2D eigenvalue weighted by Crippen LogP contribution is -2.34. The summed E-state index contributed by atoms with van der Waals surface area (Å²) >= 11 is 0. The Hall–Kier alpha value is -2.67. The van der Waals surface area contributed by atoms with Gasteiger partial charge in [-0.15, -0.1) is 0 Å². The number of hydrogen-bond donors (Lipinski definition) is 0. The van der Waals surface area contributed by atoms with Crippen LogP contribution in [-0.4, -0.2) is 49.1 Å². The average molecular weight is 318 g/mol. The van der Waals surface area contributed by atoms with Crippen molar-refractivity contribution < 1.29 is 23.5 Å². The fourth-order valence-electron chi connectivity index (χ4n) is 1.97. The van der Waals surface area contributed by atoms with Crippen molar-refractivity contribution in [3.05, 3.63) is 53.7 Å². The van der Waals surface area contributed by atoms with E-state index in [1.807, 2.05) is 0 Å². The van der Waals surface area contributed by atoms with Crippen molar-refractivity contribution in [1.82, 2.24) is 9.88 Å². The van der Waals surface area contributed by atoms with Crippen LogP contribution < -0.4 is 0 Å². The summed E-state index contributed by atoms with van der Waals surface area (Å²) in [5, 5.41) is 0. The molecule has 2 rings (SSSR count).